The molecule has 0 radical (unpaired) electrons. The zero-order valence-corrected chi connectivity index (χ0v) is 23.5. The van der Waals surface area contributed by atoms with Gasteiger partial charge in [-0.2, -0.15) is 0 Å². The van der Waals surface area contributed by atoms with Gasteiger partial charge in [-0.1, -0.05) is 0 Å². The van der Waals surface area contributed by atoms with Crippen LogP contribution in [0.4, 0.5) is 0 Å². The Morgan fingerprint density at radius 1 is 0.659 bits per heavy atom. The molecule has 2 aromatic heterocycles. The van der Waals surface area contributed by atoms with Crippen LogP contribution >= 0.6 is 0 Å². The first-order valence-corrected chi connectivity index (χ1v) is 13.7. The standard InChI is InChI=1S/C29H35NO11/c1-17-14-23(31)41-24-18(2)25-21(15-20(17)24)22(19(3)40-25)16-30-28(32)26-27(29(30)33)39-13-11-37-9-7-35-5-4-34-6-8-36-10-12-38-26/h14-15,26-27H,4-13,16H2,1-3H3. The van der Waals surface area contributed by atoms with E-state index in [1.165, 1.54) is 6.07 Å². The van der Waals surface area contributed by atoms with Gasteiger partial charge in [-0.05, 0) is 32.4 Å². The summed E-state index contributed by atoms with van der Waals surface area (Å²) >= 11 is 0. The van der Waals surface area contributed by atoms with Crippen molar-refractivity contribution >= 4 is 33.8 Å². The maximum atomic E-state index is 13.5. The van der Waals surface area contributed by atoms with Gasteiger partial charge >= 0.3 is 5.63 Å². The fraction of sp³-hybridized carbons (Fsp3) is 0.552. The molecule has 0 spiro atoms. The fourth-order valence-electron chi connectivity index (χ4n) is 5.08. The van der Waals surface area contributed by atoms with E-state index in [4.69, 9.17) is 37.3 Å². The van der Waals surface area contributed by atoms with Crippen molar-refractivity contribution in [3.8, 4) is 0 Å². The minimum absolute atomic E-state index is 0.0291. The molecule has 2 aliphatic rings. The van der Waals surface area contributed by atoms with Crippen LogP contribution in [0.25, 0.3) is 21.9 Å². The second-order valence-corrected chi connectivity index (χ2v) is 9.94. The third kappa shape index (κ3) is 6.37. The normalized spacial score (nSPS) is 22.7. The third-order valence-corrected chi connectivity index (χ3v) is 7.20. The summed E-state index contributed by atoms with van der Waals surface area (Å²) in [5.74, 6) is -0.453. The summed E-state index contributed by atoms with van der Waals surface area (Å²) < 4.78 is 45.1. The first-order chi connectivity index (χ1) is 19.9. The number of imide groups is 1. The van der Waals surface area contributed by atoms with Crippen LogP contribution in [0.3, 0.4) is 0 Å². The predicted octanol–water partition coefficient (Wildman–Crippen LogP) is 2.18. The van der Waals surface area contributed by atoms with Gasteiger partial charge in [0.05, 0.1) is 72.6 Å². The SMILES string of the molecule is Cc1oc2c(C)c3oc(=O)cc(C)c3cc2c1CN1C(=O)C2OCCOCCOCCOCCOCCOC2C1=O. The summed E-state index contributed by atoms with van der Waals surface area (Å²) in [5, 5.41) is 1.49. The molecule has 222 valence electrons. The van der Waals surface area contributed by atoms with Gasteiger partial charge in [0, 0.05) is 28.0 Å². The Hall–Kier alpha value is -3.13. The first-order valence-electron chi connectivity index (χ1n) is 13.7. The topological polar surface area (TPSA) is 136 Å². The van der Waals surface area contributed by atoms with Crippen molar-refractivity contribution in [2.24, 2.45) is 0 Å². The number of aryl methyl sites for hydroxylation is 3. The highest BCUT2D eigenvalue weighted by molar-refractivity contribution is 6.08. The van der Waals surface area contributed by atoms with Gasteiger partial charge < -0.3 is 37.3 Å². The van der Waals surface area contributed by atoms with Crippen LogP contribution < -0.4 is 5.63 Å². The van der Waals surface area contributed by atoms with Crippen molar-refractivity contribution in [2.45, 2.75) is 39.5 Å². The quantitative estimate of drug-likeness (QED) is 0.330. The molecule has 12 nitrogen and oxygen atoms in total. The molecule has 2 saturated heterocycles. The Balaban J connectivity index is 1.38. The smallest absolute Gasteiger partial charge is 0.336 e. The minimum Gasteiger partial charge on any atom is -0.461 e. The number of hydrogen-bond donors (Lipinski definition) is 0. The Morgan fingerprint density at radius 2 is 1.15 bits per heavy atom. The lowest BCUT2D eigenvalue weighted by Crippen LogP contribution is -2.36. The fourth-order valence-corrected chi connectivity index (χ4v) is 5.08. The molecular weight excluding hydrogens is 538 g/mol. The monoisotopic (exact) mass is 573 g/mol. The molecule has 5 rings (SSSR count). The molecule has 1 aromatic carbocycles. The molecule has 0 N–H and O–H groups in total. The van der Waals surface area contributed by atoms with Crippen molar-refractivity contribution < 1.29 is 46.8 Å². The van der Waals surface area contributed by atoms with Crippen LogP contribution in [0.2, 0.25) is 0 Å². The van der Waals surface area contributed by atoms with Crippen molar-refractivity contribution in [1.82, 2.24) is 4.90 Å². The van der Waals surface area contributed by atoms with E-state index >= 15 is 0 Å². The zero-order chi connectivity index (χ0) is 28.9. The van der Waals surface area contributed by atoms with Crippen LogP contribution in [0.15, 0.2) is 25.8 Å². The molecule has 0 saturated carbocycles. The van der Waals surface area contributed by atoms with Gasteiger partial charge in [0.15, 0.2) is 12.2 Å². The van der Waals surface area contributed by atoms with E-state index in [1.807, 2.05) is 19.9 Å². The molecule has 2 amide bonds. The number of carbonyl (C=O) groups excluding carboxylic acids is 2. The van der Waals surface area contributed by atoms with E-state index in [0.29, 0.717) is 67.7 Å². The molecule has 0 aliphatic carbocycles. The van der Waals surface area contributed by atoms with Crippen LogP contribution in [0, 0.1) is 20.8 Å². The average Bonchev–Trinajstić information content (AvgIpc) is 3.37. The predicted molar refractivity (Wildman–Crippen MR) is 145 cm³/mol. The molecule has 41 heavy (non-hydrogen) atoms. The summed E-state index contributed by atoms with van der Waals surface area (Å²) in [5.41, 5.74) is 2.63. The second-order valence-electron chi connectivity index (χ2n) is 9.94. The number of benzene rings is 1. The number of ether oxygens (including phenoxy) is 6. The minimum atomic E-state index is -1.12. The van der Waals surface area contributed by atoms with Gasteiger partial charge in [-0.25, -0.2) is 4.79 Å². The van der Waals surface area contributed by atoms with E-state index < -0.39 is 29.6 Å². The van der Waals surface area contributed by atoms with Gasteiger partial charge in [0.1, 0.15) is 16.9 Å². The first kappa shape index (κ1) is 29.4. The lowest BCUT2D eigenvalue weighted by Gasteiger charge is -2.17. The number of hydrogen-bond acceptors (Lipinski definition) is 11. The number of likely N-dealkylation sites (tertiary alicyclic amines) is 1. The van der Waals surface area contributed by atoms with E-state index in [9.17, 15) is 14.4 Å². The summed E-state index contributed by atoms with van der Waals surface area (Å²) in [6.45, 7) is 8.46. The highest BCUT2D eigenvalue weighted by atomic mass is 16.6. The van der Waals surface area contributed by atoms with E-state index in [2.05, 4.69) is 0 Å². The van der Waals surface area contributed by atoms with Crippen molar-refractivity contribution in [2.75, 3.05) is 66.1 Å². The number of rotatable bonds is 2. The molecule has 2 unspecified atom stereocenters. The average molecular weight is 574 g/mol. The van der Waals surface area contributed by atoms with Crippen molar-refractivity contribution in [3.63, 3.8) is 0 Å². The summed E-state index contributed by atoms with van der Waals surface area (Å²) in [6, 6.07) is 3.30. The molecule has 2 fully saturated rings. The largest absolute Gasteiger partial charge is 0.461 e. The van der Waals surface area contributed by atoms with E-state index in [1.54, 1.807) is 6.92 Å². The highest BCUT2D eigenvalue weighted by Gasteiger charge is 2.49. The number of nitrogens with zero attached hydrogens (tertiary/aromatic N) is 1. The van der Waals surface area contributed by atoms with Crippen LogP contribution in [-0.4, -0.2) is 95.0 Å². The third-order valence-electron chi connectivity index (χ3n) is 7.20. The van der Waals surface area contributed by atoms with Crippen LogP contribution in [0.1, 0.15) is 22.5 Å². The van der Waals surface area contributed by atoms with Gasteiger partial charge in [0.25, 0.3) is 11.8 Å². The van der Waals surface area contributed by atoms with Gasteiger partial charge in [-0.3, -0.25) is 14.5 Å². The Kier molecular flexibility index (Phi) is 9.48. The van der Waals surface area contributed by atoms with Crippen molar-refractivity contribution in [3.05, 3.63) is 45.0 Å². The Labute approximate surface area is 236 Å². The summed E-state index contributed by atoms with van der Waals surface area (Å²) in [6.07, 6.45) is -2.25. The van der Waals surface area contributed by atoms with Gasteiger partial charge in [-0.15, -0.1) is 0 Å². The van der Waals surface area contributed by atoms with Crippen LogP contribution in [-0.2, 0) is 44.6 Å². The number of carbonyl (C=O) groups is 2. The van der Waals surface area contributed by atoms with Gasteiger partial charge in [0.2, 0.25) is 0 Å². The maximum absolute atomic E-state index is 13.5. The number of furan rings is 1. The van der Waals surface area contributed by atoms with E-state index in [-0.39, 0.29) is 33.0 Å². The number of amides is 2. The molecule has 2 aliphatic heterocycles. The molecule has 12 heteroatoms. The summed E-state index contributed by atoms with van der Waals surface area (Å²) in [7, 11) is 0. The lowest BCUT2D eigenvalue weighted by molar-refractivity contribution is -0.143. The van der Waals surface area contributed by atoms with Crippen molar-refractivity contribution in [1.29, 1.82) is 0 Å². The van der Waals surface area contributed by atoms with Crippen LogP contribution in [0.5, 0.6) is 0 Å². The maximum Gasteiger partial charge on any atom is 0.336 e. The number of fused-ring (bicyclic) bond motifs is 3. The molecule has 2 atom stereocenters. The molecule has 0 bridgehead atoms. The summed E-state index contributed by atoms with van der Waals surface area (Å²) in [4.78, 5) is 40.2. The zero-order valence-electron chi connectivity index (χ0n) is 23.5. The van der Waals surface area contributed by atoms with E-state index in [0.717, 1.165) is 21.2 Å². The lowest BCUT2D eigenvalue weighted by atomic mass is 10.0. The Bertz CT molecular complexity index is 1420. The highest BCUT2D eigenvalue weighted by Crippen LogP contribution is 2.36. The Morgan fingerprint density at radius 3 is 1.68 bits per heavy atom. The molecule has 4 heterocycles. The second kappa shape index (κ2) is 13.2. The molecule has 3 aromatic rings. The molecular formula is C29H35NO11.